The van der Waals surface area contributed by atoms with Crippen molar-refractivity contribution in [3.63, 3.8) is 0 Å². The standard InChI is InChI=1S/C5H9NO2.Na.H/c1-5(2)3-8-6-4(5)7;;/h3H2,1-2H3,(H,6,7);;/q;+1;-1. The van der Waals surface area contributed by atoms with E-state index in [1.807, 2.05) is 13.8 Å². The van der Waals surface area contributed by atoms with E-state index in [0.717, 1.165) is 0 Å². The van der Waals surface area contributed by atoms with Gasteiger partial charge >= 0.3 is 29.6 Å². The van der Waals surface area contributed by atoms with Gasteiger partial charge in [0.2, 0.25) is 0 Å². The van der Waals surface area contributed by atoms with Crippen LogP contribution in [0.15, 0.2) is 0 Å². The van der Waals surface area contributed by atoms with Gasteiger partial charge in [-0.25, -0.2) is 5.48 Å². The number of nitrogens with one attached hydrogen (secondary N) is 1. The second-order valence-electron chi connectivity index (χ2n) is 2.60. The van der Waals surface area contributed by atoms with Crippen LogP contribution >= 0.6 is 0 Å². The summed E-state index contributed by atoms with van der Waals surface area (Å²) >= 11 is 0. The first-order chi connectivity index (χ1) is 3.63. The van der Waals surface area contributed by atoms with Crippen molar-refractivity contribution in [2.75, 3.05) is 6.61 Å². The molecule has 1 fully saturated rings. The fraction of sp³-hybridized carbons (Fsp3) is 0.800. The van der Waals surface area contributed by atoms with Crippen LogP contribution in [0.1, 0.15) is 15.3 Å². The molecule has 48 valence electrons. The molecule has 1 saturated heterocycles. The van der Waals surface area contributed by atoms with E-state index in [1.54, 1.807) is 0 Å². The summed E-state index contributed by atoms with van der Waals surface area (Å²) in [4.78, 5) is 15.3. The van der Waals surface area contributed by atoms with Crippen LogP contribution in [-0.4, -0.2) is 12.5 Å². The summed E-state index contributed by atoms with van der Waals surface area (Å²) in [6.07, 6.45) is 0. The monoisotopic (exact) mass is 139 g/mol. The van der Waals surface area contributed by atoms with Crippen molar-refractivity contribution in [3.05, 3.63) is 0 Å². The number of hydroxylamine groups is 1. The molecule has 0 bridgehead atoms. The fourth-order valence-electron chi connectivity index (χ4n) is 0.486. The van der Waals surface area contributed by atoms with Gasteiger partial charge in [-0.2, -0.15) is 0 Å². The van der Waals surface area contributed by atoms with E-state index < -0.39 is 0 Å². The van der Waals surface area contributed by atoms with E-state index in [4.69, 9.17) is 0 Å². The molecule has 1 N–H and O–H groups in total. The van der Waals surface area contributed by atoms with Crippen molar-refractivity contribution in [2.45, 2.75) is 13.8 Å². The Balaban J connectivity index is 0. The van der Waals surface area contributed by atoms with Crippen molar-refractivity contribution in [1.82, 2.24) is 5.48 Å². The van der Waals surface area contributed by atoms with Crippen molar-refractivity contribution >= 4 is 5.91 Å². The van der Waals surface area contributed by atoms with Crippen LogP contribution in [0.3, 0.4) is 0 Å². The van der Waals surface area contributed by atoms with Crippen LogP contribution in [0.5, 0.6) is 0 Å². The molecule has 1 rings (SSSR count). The number of carbonyl (C=O) groups excluding carboxylic acids is 1. The van der Waals surface area contributed by atoms with Crippen molar-refractivity contribution < 1.29 is 40.6 Å². The Morgan fingerprint density at radius 1 is 1.78 bits per heavy atom. The van der Waals surface area contributed by atoms with Crippen molar-refractivity contribution in [3.8, 4) is 0 Å². The Labute approximate surface area is 77.9 Å². The molecule has 0 aromatic carbocycles. The zero-order valence-electron chi connectivity index (χ0n) is 7.02. The summed E-state index contributed by atoms with van der Waals surface area (Å²) in [6, 6.07) is 0. The summed E-state index contributed by atoms with van der Waals surface area (Å²) in [5.74, 6) is -0.0301. The maximum absolute atomic E-state index is 10.7. The Bertz CT molecular complexity index is 129. The molecule has 1 amide bonds. The molecule has 0 aromatic heterocycles. The Morgan fingerprint density at radius 3 is 2.44 bits per heavy atom. The van der Waals surface area contributed by atoms with E-state index in [2.05, 4.69) is 10.3 Å². The topological polar surface area (TPSA) is 38.3 Å². The maximum atomic E-state index is 10.7. The molecule has 0 unspecified atom stereocenters. The molecule has 0 saturated carbocycles. The number of amides is 1. The zero-order valence-corrected chi connectivity index (χ0v) is 8.02. The summed E-state index contributed by atoms with van der Waals surface area (Å²) < 4.78 is 0. The van der Waals surface area contributed by atoms with Gasteiger partial charge in [0.25, 0.3) is 5.91 Å². The third-order valence-corrected chi connectivity index (χ3v) is 1.21. The molecule has 1 heterocycles. The predicted octanol–water partition coefficient (Wildman–Crippen LogP) is -2.81. The summed E-state index contributed by atoms with van der Waals surface area (Å²) in [6.45, 7) is 4.16. The van der Waals surface area contributed by atoms with Crippen LogP contribution in [0.2, 0.25) is 0 Å². The van der Waals surface area contributed by atoms with Crippen LogP contribution in [0, 0.1) is 5.41 Å². The van der Waals surface area contributed by atoms with Gasteiger partial charge in [-0.15, -0.1) is 0 Å². The van der Waals surface area contributed by atoms with Crippen LogP contribution in [0.25, 0.3) is 0 Å². The number of hydrogen-bond donors (Lipinski definition) is 1. The van der Waals surface area contributed by atoms with E-state index in [9.17, 15) is 4.79 Å². The normalized spacial score (nSPS) is 22.7. The number of rotatable bonds is 0. The largest absolute Gasteiger partial charge is 1.00 e. The second kappa shape index (κ2) is 3.01. The van der Waals surface area contributed by atoms with Gasteiger partial charge in [0, 0.05) is 0 Å². The minimum absolute atomic E-state index is 0. The summed E-state index contributed by atoms with van der Waals surface area (Å²) in [5.41, 5.74) is 1.95. The third-order valence-electron chi connectivity index (χ3n) is 1.21. The van der Waals surface area contributed by atoms with Gasteiger partial charge in [0.1, 0.15) is 0 Å². The third kappa shape index (κ3) is 1.93. The van der Waals surface area contributed by atoms with Crippen LogP contribution < -0.4 is 35.0 Å². The Hall–Kier alpha value is 0.430. The molecule has 0 radical (unpaired) electrons. The minimum Gasteiger partial charge on any atom is -1.00 e. The van der Waals surface area contributed by atoms with Crippen LogP contribution in [-0.2, 0) is 9.63 Å². The van der Waals surface area contributed by atoms with E-state index >= 15 is 0 Å². The Morgan fingerprint density at radius 2 is 2.33 bits per heavy atom. The average molecular weight is 139 g/mol. The molecule has 1 aliphatic heterocycles. The van der Waals surface area contributed by atoms with Gasteiger partial charge in [0.15, 0.2) is 0 Å². The summed E-state index contributed by atoms with van der Waals surface area (Å²) in [7, 11) is 0. The van der Waals surface area contributed by atoms with E-state index in [-0.39, 0.29) is 42.3 Å². The van der Waals surface area contributed by atoms with Gasteiger partial charge in [0.05, 0.1) is 12.0 Å². The van der Waals surface area contributed by atoms with Crippen molar-refractivity contribution in [1.29, 1.82) is 0 Å². The smallest absolute Gasteiger partial charge is 1.00 e. The first kappa shape index (κ1) is 9.43. The molecular weight excluding hydrogens is 129 g/mol. The quantitative estimate of drug-likeness (QED) is 0.368. The van der Waals surface area contributed by atoms with Crippen molar-refractivity contribution in [2.24, 2.45) is 5.41 Å². The van der Waals surface area contributed by atoms with Gasteiger partial charge in [-0.3, -0.25) is 9.63 Å². The first-order valence-electron chi connectivity index (χ1n) is 2.55. The minimum atomic E-state index is -0.319. The van der Waals surface area contributed by atoms with E-state index in [1.165, 1.54) is 0 Å². The van der Waals surface area contributed by atoms with Crippen LogP contribution in [0.4, 0.5) is 0 Å². The average Bonchev–Trinajstić information content (AvgIpc) is 1.86. The molecule has 9 heavy (non-hydrogen) atoms. The molecule has 0 aromatic rings. The molecule has 3 nitrogen and oxygen atoms in total. The maximum Gasteiger partial charge on any atom is 1.00 e. The van der Waals surface area contributed by atoms with Gasteiger partial charge < -0.3 is 1.43 Å². The second-order valence-corrected chi connectivity index (χ2v) is 2.60. The van der Waals surface area contributed by atoms with E-state index in [0.29, 0.717) is 6.61 Å². The summed E-state index contributed by atoms with van der Waals surface area (Å²) in [5, 5.41) is 0. The first-order valence-corrected chi connectivity index (χ1v) is 2.55. The SMILES string of the molecule is CC1(C)CONC1=O.[H-].[Na+]. The molecule has 0 atom stereocenters. The van der Waals surface area contributed by atoms with Gasteiger partial charge in [-0.1, -0.05) is 0 Å². The Kier molecular flexibility index (Phi) is 3.16. The zero-order chi connectivity index (χ0) is 6.20. The molecule has 4 heteroatoms. The predicted molar refractivity (Wildman–Crippen MR) is 29.0 cm³/mol. The number of hydrogen-bond acceptors (Lipinski definition) is 2. The van der Waals surface area contributed by atoms with Gasteiger partial charge in [-0.05, 0) is 13.8 Å². The molecular formula is C5H10NNaO2. The molecule has 0 spiro atoms. The molecule has 1 aliphatic rings. The number of carbonyl (C=O) groups is 1. The molecule has 0 aliphatic carbocycles. The fourth-order valence-corrected chi connectivity index (χ4v) is 0.486.